The minimum Gasteiger partial charge on any atom is -0.387 e. The molecule has 5 nitrogen and oxygen atoms in total. The number of aliphatic hydroxyl groups excluding tert-OH is 1. The SMILES string of the molecule is Cc1cc(CN2CCN(C[C@@H](O)c3ccccc3)CC2)no1. The van der Waals surface area contributed by atoms with Gasteiger partial charge in [-0.25, -0.2) is 0 Å². The van der Waals surface area contributed by atoms with Crippen LogP contribution in [-0.4, -0.2) is 52.8 Å². The highest BCUT2D eigenvalue weighted by atomic mass is 16.5. The zero-order chi connectivity index (χ0) is 15.4. The predicted octanol–water partition coefficient (Wildman–Crippen LogP) is 1.83. The largest absolute Gasteiger partial charge is 0.387 e. The normalized spacial score (nSPS) is 18.5. The smallest absolute Gasteiger partial charge is 0.133 e. The van der Waals surface area contributed by atoms with Gasteiger partial charge in [0, 0.05) is 45.3 Å². The number of aliphatic hydroxyl groups is 1. The molecule has 1 aromatic heterocycles. The highest BCUT2D eigenvalue weighted by molar-refractivity contribution is 5.17. The van der Waals surface area contributed by atoms with Gasteiger partial charge in [0.1, 0.15) is 5.76 Å². The number of hydrogen-bond acceptors (Lipinski definition) is 5. The molecule has 1 aromatic carbocycles. The molecule has 0 spiro atoms. The Morgan fingerprint density at radius 2 is 1.82 bits per heavy atom. The molecule has 0 amide bonds. The van der Waals surface area contributed by atoms with E-state index in [1.165, 1.54) is 0 Å². The van der Waals surface area contributed by atoms with Gasteiger partial charge in [-0.05, 0) is 12.5 Å². The summed E-state index contributed by atoms with van der Waals surface area (Å²) in [5.41, 5.74) is 1.98. The minimum atomic E-state index is -0.411. The van der Waals surface area contributed by atoms with Crippen LogP contribution >= 0.6 is 0 Å². The Kier molecular flexibility index (Phi) is 4.87. The summed E-state index contributed by atoms with van der Waals surface area (Å²) in [6, 6.07) is 11.9. The number of piperazine rings is 1. The van der Waals surface area contributed by atoms with Crippen molar-refractivity contribution in [2.75, 3.05) is 32.7 Å². The maximum atomic E-state index is 10.3. The lowest BCUT2D eigenvalue weighted by Gasteiger charge is -2.35. The zero-order valence-corrected chi connectivity index (χ0v) is 13.0. The number of benzene rings is 1. The van der Waals surface area contributed by atoms with Crippen molar-refractivity contribution in [1.82, 2.24) is 15.0 Å². The first-order chi connectivity index (χ1) is 10.7. The summed E-state index contributed by atoms with van der Waals surface area (Å²) in [7, 11) is 0. The highest BCUT2D eigenvalue weighted by Gasteiger charge is 2.20. The lowest BCUT2D eigenvalue weighted by molar-refractivity contribution is 0.0693. The minimum absolute atomic E-state index is 0.411. The fourth-order valence-corrected chi connectivity index (χ4v) is 2.88. The van der Waals surface area contributed by atoms with E-state index in [9.17, 15) is 5.11 Å². The van der Waals surface area contributed by atoms with Crippen LogP contribution in [0.3, 0.4) is 0 Å². The monoisotopic (exact) mass is 301 g/mol. The van der Waals surface area contributed by atoms with E-state index in [1.807, 2.05) is 43.3 Å². The Labute approximate surface area is 131 Å². The molecule has 1 fully saturated rings. The second kappa shape index (κ2) is 7.05. The van der Waals surface area contributed by atoms with E-state index in [4.69, 9.17) is 4.52 Å². The molecule has 1 aliphatic rings. The van der Waals surface area contributed by atoms with Crippen molar-refractivity contribution in [2.24, 2.45) is 0 Å². The van der Waals surface area contributed by atoms with Crippen molar-refractivity contribution in [3.63, 3.8) is 0 Å². The topological polar surface area (TPSA) is 52.7 Å². The quantitative estimate of drug-likeness (QED) is 0.913. The molecule has 0 aliphatic carbocycles. The Morgan fingerprint density at radius 3 is 2.45 bits per heavy atom. The van der Waals surface area contributed by atoms with E-state index in [0.717, 1.165) is 49.7 Å². The molecule has 1 atom stereocenters. The van der Waals surface area contributed by atoms with Gasteiger partial charge in [0.25, 0.3) is 0 Å². The molecule has 1 saturated heterocycles. The van der Waals surface area contributed by atoms with Crippen LogP contribution in [0, 0.1) is 6.92 Å². The molecule has 1 N–H and O–H groups in total. The number of rotatable bonds is 5. The average Bonchev–Trinajstić information content (AvgIpc) is 2.95. The van der Waals surface area contributed by atoms with Crippen molar-refractivity contribution < 1.29 is 9.63 Å². The lowest BCUT2D eigenvalue weighted by atomic mass is 10.1. The summed E-state index contributed by atoms with van der Waals surface area (Å²) < 4.78 is 5.11. The summed E-state index contributed by atoms with van der Waals surface area (Å²) in [4.78, 5) is 4.70. The van der Waals surface area contributed by atoms with Gasteiger partial charge in [-0.1, -0.05) is 35.5 Å². The predicted molar refractivity (Wildman–Crippen MR) is 84.4 cm³/mol. The van der Waals surface area contributed by atoms with E-state index in [-0.39, 0.29) is 0 Å². The molecule has 0 saturated carbocycles. The van der Waals surface area contributed by atoms with Crippen LogP contribution in [0.4, 0.5) is 0 Å². The van der Waals surface area contributed by atoms with Gasteiger partial charge in [-0.15, -0.1) is 0 Å². The molecule has 3 rings (SSSR count). The van der Waals surface area contributed by atoms with Gasteiger partial charge < -0.3 is 9.63 Å². The number of aromatic nitrogens is 1. The molecule has 2 heterocycles. The number of aryl methyl sites for hydroxylation is 1. The maximum Gasteiger partial charge on any atom is 0.133 e. The van der Waals surface area contributed by atoms with Crippen molar-refractivity contribution in [3.8, 4) is 0 Å². The molecule has 0 radical (unpaired) electrons. The maximum absolute atomic E-state index is 10.3. The Bertz CT molecular complexity index is 577. The third-order valence-corrected chi connectivity index (χ3v) is 4.14. The van der Waals surface area contributed by atoms with Gasteiger partial charge in [0.05, 0.1) is 11.8 Å². The van der Waals surface area contributed by atoms with Crippen LogP contribution in [0.1, 0.15) is 23.1 Å². The number of nitrogens with zero attached hydrogens (tertiary/aromatic N) is 3. The first kappa shape index (κ1) is 15.2. The van der Waals surface area contributed by atoms with E-state index in [0.29, 0.717) is 6.54 Å². The molecule has 22 heavy (non-hydrogen) atoms. The van der Waals surface area contributed by atoms with Crippen molar-refractivity contribution in [1.29, 1.82) is 0 Å². The molecule has 118 valence electrons. The fraction of sp³-hybridized carbons (Fsp3) is 0.471. The Balaban J connectivity index is 1.45. The molecular formula is C17H23N3O2. The zero-order valence-electron chi connectivity index (χ0n) is 13.0. The molecule has 1 aliphatic heterocycles. The van der Waals surface area contributed by atoms with Gasteiger partial charge >= 0.3 is 0 Å². The van der Waals surface area contributed by atoms with E-state index in [2.05, 4.69) is 15.0 Å². The van der Waals surface area contributed by atoms with E-state index < -0.39 is 6.10 Å². The first-order valence-electron chi connectivity index (χ1n) is 7.80. The van der Waals surface area contributed by atoms with Crippen LogP contribution in [0.15, 0.2) is 40.9 Å². The van der Waals surface area contributed by atoms with Crippen LogP contribution in [0.25, 0.3) is 0 Å². The van der Waals surface area contributed by atoms with Crippen molar-refractivity contribution in [2.45, 2.75) is 19.6 Å². The molecule has 0 unspecified atom stereocenters. The van der Waals surface area contributed by atoms with Gasteiger partial charge in [0.15, 0.2) is 0 Å². The van der Waals surface area contributed by atoms with Crippen LogP contribution < -0.4 is 0 Å². The summed E-state index contributed by atoms with van der Waals surface area (Å²) in [6.07, 6.45) is -0.411. The van der Waals surface area contributed by atoms with E-state index >= 15 is 0 Å². The van der Waals surface area contributed by atoms with Gasteiger partial charge in [0.2, 0.25) is 0 Å². The Morgan fingerprint density at radius 1 is 1.14 bits per heavy atom. The Hall–Kier alpha value is -1.69. The highest BCUT2D eigenvalue weighted by Crippen LogP contribution is 2.15. The second-order valence-electron chi connectivity index (χ2n) is 5.93. The lowest BCUT2D eigenvalue weighted by Crippen LogP contribution is -2.47. The summed E-state index contributed by atoms with van der Waals surface area (Å²) in [6.45, 7) is 7.38. The van der Waals surface area contributed by atoms with Crippen LogP contribution in [0.2, 0.25) is 0 Å². The van der Waals surface area contributed by atoms with Gasteiger partial charge in [-0.3, -0.25) is 9.80 Å². The molecule has 5 heteroatoms. The third-order valence-electron chi connectivity index (χ3n) is 4.14. The number of β-amino-alcohol motifs (C(OH)–C–C–N with tert-alkyl or cyclic N) is 1. The number of hydrogen-bond donors (Lipinski definition) is 1. The molecule has 2 aromatic rings. The summed E-state index contributed by atoms with van der Waals surface area (Å²) in [5.74, 6) is 0.861. The second-order valence-corrected chi connectivity index (χ2v) is 5.93. The summed E-state index contributed by atoms with van der Waals surface area (Å²) in [5, 5.41) is 14.3. The molecular weight excluding hydrogens is 278 g/mol. The van der Waals surface area contributed by atoms with Gasteiger partial charge in [-0.2, -0.15) is 0 Å². The van der Waals surface area contributed by atoms with Crippen LogP contribution in [0.5, 0.6) is 0 Å². The summed E-state index contributed by atoms with van der Waals surface area (Å²) >= 11 is 0. The first-order valence-corrected chi connectivity index (χ1v) is 7.80. The fourth-order valence-electron chi connectivity index (χ4n) is 2.88. The average molecular weight is 301 g/mol. The van der Waals surface area contributed by atoms with E-state index in [1.54, 1.807) is 0 Å². The van der Waals surface area contributed by atoms with Crippen molar-refractivity contribution >= 4 is 0 Å². The molecule has 0 bridgehead atoms. The standard InChI is InChI=1S/C17H23N3O2/c1-14-11-16(18-22-14)12-19-7-9-20(10-8-19)13-17(21)15-5-3-2-4-6-15/h2-6,11,17,21H,7-10,12-13H2,1H3/t17-/m1/s1. The van der Waals surface area contributed by atoms with Crippen LogP contribution in [-0.2, 0) is 6.54 Å². The van der Waals surface area contributed by atoms with Crippen molar-refractivity contribution in [3.05, 3.63) is 53.4 Å². The third kappa shape index (κ3) is 3.94.